The van der Waals surface area contributed by atoms with Gasteiger partial charge in [-0.1, -0.05) is 18.2 Å². The Hall–Kier alpha value is -3.53. The van der Waals surface area contributed by atoms with Crippen LogP contribution in [0.4, 0.5) is 5.95 Å². The number of hydrogen-bond donors (Lipinski definition) is 1. The summed E-state index contributed by atoms with van der Waals surface area (Å²) in [5.41, 5.74) is 0.666. The van der Waals surface area contributed by atoms with Gasteiger partial charge in [-0.25, -0.2) is 14.8 Å². The number of H-pyrrole nitrogens is 1. The van der Waals surface area contributed by atoms with Crippen LogP contribution in [-0.4, -0.2) is 64.0 Å². The largest absolute Gasteiger partial charge is 0.460 e. The van der Waals surface area contributed by atoms with Crippen LogP contribution >= 0.6 is 0 Å². The number of aromatic amines is 1. The van der Waals surface area contributed by atoms with E-state index in [4.69, 9.17) is 9.47 Å². The average Bonchev–Trinajstić information content (AvgIpc) is 3.10. The summed E-state index contributed by atoms with van der Waals surface area (Å²) in [6, 6.07) is 8.71. The Morgan fingerprint density at radius 2 is 2.07 bits per heavy atom. The summed E-state index contributed by atoms with van der Waals surface area (Å²) in [6.45, 7) is 0.345. The van der Waals surface area contributed by atoms with Gasteiger partial charge in [-0.2, -0.15) is 4.98 Å². The van der Waals surface area contributed by atoms with E-state index in [1.165, 1.54) is 17.2 Å². The van der Waals surface area contributed by atoms with Crippen molar-refractivity contribution in [3.63, 3.8) is 0 Å². The van der Waals surface area contributed by atoms with Crippen LogP contribution < -0.4 is 5.56 Å². The Labute approximate surface area is 160 Å². The zero-order valence-corrected chi connectivity index (χ0v) is 15.5. The van der Waals surface area contributed by atoms with Crippen LogP contribution in [0.3, 0.4) is 0 Å². The van der Waals surface area contributed by atoms with Crippen LogP contribution in [0.5, 0.6) is 0 Å². The number of ether oxygens (including phenoxy) is 2. The zero-order chi connectivity index (χ0) is 19.9. The van der Waals surface area contributed by atoms with E-state index in [2.05, 4.69) is 19.9 Å². The first kappa shape index (κ1) is 19.2. The highest BCUT2D eigenvalue weighted by atomic mass is 16.6. The predicted molar refractivity (Wildman–Crippen MR) is 103 cm³/mol. The fourth-order valence-electron chi connectivity index (χ4n) is 2.32. The van der Waals surface area contributed by atoms with Crippen molar-refractivity contribution < 1.29 is 14.3 Å². The smallest absolute Gasteiger partial charge is 0.338 e. The molecule has 3 rings (SSSR count). The lowest BCUT2D eigenvalue weighted by atomic mass is 10.2. The minimum Gasteiger partial charge on any atom is -0.460 e. The number of carbonyl (C=O) groups excluding carboxylic acids is 1. The lowest BCUT2D eigenvalue weighted by molar-refractivity contribution is 0.0181. The van der Waals surface area contributed by atoms with Crippen molar-refractivity contribution in [2.24, 2.45) is 4.99 Å². The third-order valence-corrected chi connectivity index (χ3v) is 3.58. The second-order valence-electron chi connectivity index (χ2n) is 6.02. The number of carbonyl (C=O) groups is 1. The molecule has 0 fully saturated rings. The molecule has 28 heavy (non-hydrogen) atoms. The zero-order valence-electron chi connectivity index (χ0n) is 15.5. The SMILES string of the molecule is CN(C)/C=N/c1nc2ncn(COCCOC(=O)c3ccccc3)c2c(=O)[nH]1. The number of imidazole rings is 1. The van der Waals surface area contributed by atoms with Crippen molar-refractivity contribution >= 4 is 29.4 Å². The summed E-state index contributed by atoms with van der Waals surface area (Å²) in [5, 5.41) is 0. The van der Waals surface area contributed by atoms with Gasteiger partial charge in [0.1, 0.15) is 13.3 Å². The molecule has 0 saturated heterocycles. The lowest BCUT2D eigenvalue weighted by Crippen LogP contribution is -2.15. The van der Waals surface area contributed by atoms with Gasteiger partial charge in [-0.05, 0) is 12.1 Å². The molecule has 0 aliphatic carbocycles. The normalized spacial score (nSPS) is 11.2. The molecule has 0 bridgehead atoms. The van der Waals surface area contributed by atoms with Gasteiger partial charge in [-0.3, -0.25) is 9.78 Å². The molecule has 1 aromatic carbocycles. The van der Waals surface area contributed by atoms with E-state index in [1.54, 1.807) is 29.2 Å². The molecule has 0 aliphatic rings. The monoisotopic (exact) mass is 384 g/mol. The van der Waals surface area contributed by atoms with Gasteiger partial charge in [0.05, 0.1) is 24.8 Å². The van der Waals surface area contributed by atoms with Gasteiger partial charge < -0.3 is 18.9 Å². The fraction of sp³-hybridized carbons (Fsp3) is 0.278. The first-order valence-corrected chi connectivity index (χ1v) is 8.50. The lowest BCUT2D eigenvalue weighted by Gasteiger charge is -2.07. The van der Waals surface area contributed by atoms with Gasteiger partial charge in [0.15, 0.2) is 11.2 Å². The van der Waals surface area contributed by atoms with Crippen molar-refractivity contribution in [3.8, 4) is 0 Å². The highest BCUT2D eigenvalue weighted by Crippen LogP contribution is 2.09. The number of nitrogens with one attached hydrogen (secondary N) is 1. The van der Waals surface area contributed by atoms with E-state index in [9.17, 15) is 9.59 Å². The van der Waals surface area contributed by atoms with Crippen molar-refractivity contribution in [3.05, 3.63) is 52.6 Å². The standard InChI is InChI=1S/C18H20N6O4/c1-23(2)10-20-18-21-15-14(16(25)22-18)24(11-19-15)12-27-8-9-28-17(26)13-6-4-3-5-7-13/h3-7,10-11H,8-9,12H2,1-2H3,(H,21,22,25)/b20-10+. The number of aromatic nitrogens is 4. The maximum absolute atomic E-state index is 12.3. The summed E-state index contributed by atoms with van der Waals surface area (Å²) >= 11 is 0. The van der Waals surface area contributed by atoms with Crippen molar-refractivity contribution in [1.29, 1.82) is 0 Å². The molecule has 0 amide bonds. The molecule has 0 unspecified atom stereocenters. The van der Waals surface area contributed by atoms with E-state index >= 15 is 0 Å². The Morgan fingerprint density at radius 3 is 2.82 bits per heavy atom. The van der Waals surface area contributed by atoms with Crippen LogP contribution in [0, 0.1) is 0 Å². The maximum Gasteiger partial charge on any atom is 0.338 e. The molecule has 0 radical (unpaired) electrons. The van der Waals surface area contributed by atoms with Crippen molar-refractivity contribution in [2.45, 2.75) is 6.73 Å². The summed E-state index contributed by atoms with van der Waals surface area (Å²) in [5.74, 6) is -0.242. The minimum atomic E-state index is -0.413. The van der Waals surface area contributed by atoms with E-state index in [-0.39, 0.29) is 42.6 Å². The van der Waals surface area contributed by atoms with E-state index in [1.807, 2.05) is 20.2 Å². The van der Waals surface area contributed by atoms with E-state index < -0.39 is 5.97 Å². The highest BCUT2D eigenvalue weighted by Gasteiger charge is 2.10. The van der Waals surface area contributed by atoms with Crippen LogP contribution in [0.2, 0.25) is 0 Å². The third kappa shape index (κ3) is 4.80. The molecule has 146 valence electrons. The Balaban J connectivity index is 1.55. The molecule has 0 aliphatic heterocycles. The van der Waals surface area contributed by atoms with Crippen LogP contribution in [0.1, 0.15) is 10.4 Å². The topological polar surface area (TPSA) is 115 Å². The first-order chi connectivity index (χ1) is 13.5. The number of fused-ring (bicyclic) bond motifs is 1. The van der Waals surface area contributed by atoms with Crippen molar-refractivity contribution in [2.75, 3.05) is 27.3 Å². The number of hydrogen-bond acceptors (Lipinski definition) is 7. The summed E-state index contributed by atoms with van der Waals surface area (Å²) in [7, 11) is 3.62. The van der Waals surface area contributed by atoms with E-state index in [0.717, 1.165) is 0 Å². The Morgan fingerprint density at radius 1 is 1.29 bits per heavy atom. The second kappa shape index (κ2) is 8.91. The highest BCUT2D eigenvalue weighted by molar-refractivity contribution is 5.89. The molecule has 10 heteroatoms. The molecule has 10 nitrogen and oxygen atoms in total. The van der Waals surface area contributed by atoms with E-state index in [0.29, 0.717) is 5.56 Å². The van der Waals surface area contributed by atoms with Gasteiger partial charge >= 0.3 is 5.97 Å². The Kier molecular flexibility index (Phi) is 6.12. The third-order valence-electron chi connectivity index (χ3n) is 3.58. The van der Waals surface area contributed by atoms with Gasteiger partial charge in [0.2, 0.25) is 5.95 Å². The molecular weight excluding hydrogens is 364 g/mol. The molecule has 2 aromatic heterocycles. The second-order valence-corrected chi connectivity index (χ2v) is 6.02. The average molecular weight is 384 g/mol. The summed E-state index contributed by atoms with van der Waals surface area (Å²) in [6.07, 6.45) is 2.99. The molecule has 0 spiro atoms. The molecular formula is C18H20N6O4. The van der Waals surface area contributed by atoms with Crippen LogP contribution in [-0.2, 0) is 16.2 Å². The number of rotatable bonds is 8. The molecule has 1 N–H and O–H groups in total. The number of esters is 1. The fourth-order valence-corrected chi connectivity index (χ4v) is 2.32. The number of benzene rings is 1. The molecule has 0 saturated carbocycles. The molecule has 3 aromatic rings. The maximum atomic E-state index is 12.3. The Bertz CT molecular complexity index is 1030. The van der Waals surface area contributed by atoms with Gasteiger partial charge in [-0.15, -0.1) is 0 Å². The van der Waals surface area contributed by atoms with Gasteiger partial charge in [0.25, 0.3) is 5.56 Å². The first-order valence-electron chi connectivity index (χ1n) is 8.50. The minimum absolute atomic E-state index is 0.0739. The molecule has 2 heterocycles. The van der Waals surface area contributed by atoms with Crippen molar-refractivity contribution in [1.82, 2.24) is 24.4 Å². The quantitative estimate of drug-likeness (QED) is 0.268. The summed E-state index contributed by atoms with van der Waals surface area (Å²) < 4.78 is 12.1. The molecule has 0 atom stereocenters. The van der Waals surface area contributed by atoms with Crippen LogP contribution in [0.25, 0.3) is 11.2 Å². The predicted octanol–water partition coefficient (Wildman–Crippen LogP) is 1.17. The number of aliphatic imine (C=N–C) groups is 1. The number of nitrogens with zero attached hydrogens (tertiary/aromatic N) is 5. The summed E-state index contributed by atoms with van der Waals surface area (Å²) in [4.78, 5) is 40.8. The van der Waals surface area contributed by atoms with Gasteiger partial charge in [0, 0.05) is 14.1 Å². The van der Waals surface area contributed by atoms with Crippen LogP contribution in [0.15, 0.2) is 46.4 Å².